The lowest BCUT2D eigenvalue weighted by Gasteiger charge is -2.15. The van der Waals surface area contributed by atoms with Crippen molar-refractivity contribution >= 4 is 5.69 Å². The third kappa shape index (κ3) is 2.81. The first-order valence-electron chi connectivity index (χ1n) is 7.07. The zero-order valence-electron chi connectivity index (χ0n) is 12.3. The standard InChI is InChI=1S/C16H19N5/c1-13(2)21-12-18-9-14(21)10-19-15-5-3-4-6-16(15)20-8-7-17-11-20/h3-9,11-13,19H,10H2,1-2H3. The van der Waals surface area contributed by atoms with Gasteiger partial charge in [-0.05, 0) is 26.0 Å². The Morgan fingerprint density at radius 1 is 1.14 bits per heavy atom. The monoisotopic (exact) mass is 281 g/mol. The van der Waals surface area contributed by atoms with E-state index in [1.807, 2.05) is 35.4 Å². The molecule has 0 aliphatic carbocycles. The predicted molar refractivity (Wildman–Crippen MR) is 83.5 cm³/mol. The minimum atomic E-state index is 0.410. The fourth-order valence-corrected chi connectivity index (χ4v) is 2.37. The van der Waals surface area contributed by atoms with Gasteiger partial charge in [0.2, 0.25) is 0 Å². The van der Waals surface area contributed by atoms with Crippen LogP contribution >= 0.6 is 0 Å². The van der Waals surface area contributed by atoms with Crippen molar-refractivity contribution in [3.05, 3.63) is 61.2 Å². The maximum absolute atomic E-state index is 4.24. The van der Waals surface area contributed by atoms with Crippen molar-refractivity contribution in [3.63, 3.8) is 0 Å². The molecule has 0 unspecified atom stereocenters. The second-order valence-electron chi connectivity index (χ2n) is 5.23. The molecule has 1 aromatic carbocycles. The summed E-state index contributed by atoms with van der Waals surface area (Å²) in [4.78, 5) is 8.34. The van der Waals surface area contributed by atoms with Gasteiger partial charge in [-0.3, -0.25) is 0 Å². The Labute approximate surface area is 124 Å². The van der Waals surface area contributed by atoms with E-state index in [9.17, 15) is 0 Å². The van der Waals surface area contributed by atoms with E-state index >= 15 is 0 Å². The summed E-state index contributed by atoms with van der Waals surface area (Å²) in [6.07, 6.45) is 9.32. The fourth-order valence-electron chi connectivity index (χ4n) is 2.37. The molecule has 0 fully saturated rings. The number of nitrogens with zero attached hydrogens (tertiary/aromatic N) is 4. The van der Waals surface area contributed by atoms with E-state index in [1.165, 1.54) is 5.69 Å². The molecule has 0 aliphatic rings. The van der Waals surface area contributed by atoms with E-state index in [4.69, 9.17) is 0 Å². The number of hydrogen-bond acceptors (Lipinski definition) is 3. The van der Waals surface area contributed by atoms with Crippen LogP contribution in [0.15, 0.2) is 55.5 Å². The second-order valence-corrected chi connectivity index (χ2v) is 5.23. The molecule has 0 atom stereocenters. The molecule has 0 bridgehead atoms. The highest BCUT2D eigenvalue weighted by molar-refractivity contribution is 5.60. The first-order chi connectivity index (χ1) is 10.3. The number of anilines is 1. The van der Waals surface area contributed by atoms with Crippen LogP contribution in [0.2, 0.25) is 0 Å². The van der Waals surface area contributed by atoms with E-state index < -0.39 is 0 Å². The van der Waals surface area contributed by atoms with Crippen LogP contribution in [0.25, 0.3) is 5.69 Å². The number of aromatic nitrogens is 4. The summed E-state index contributed by atoms with van der Waals surface area (Å²) in [7, 11) is 0. The Balaban J connectivity index is 1.81. The van der Waals surface area contributed by atoms with Gasteiger partial charge in [-0.15, -0.1) is 0 Å². The van der Waals surface area contributed by atoms with Gasteiger partial charge in [0.1, 0.15) is 0 Å². The van der Waals surface area contributed by atoms with E-state index in [0.717, 1.165) is 17.9 Å². The van der Waals surface area contributed by atoms with Gasteiger partial charge in [0, 0.05) is 24.6 Å². The molecule has 2 aromatic heterocycles. The minimum absolute atomic E-state index is 0.410. The van der Waals surface area contributed by atoms with Crippen LogP contribution in [0.1, 0.15) is 25.6 Å². The van der Waals surface area contributed by atoms with Crippen LogP contribution < -0.4 is 5.32 Å². The average Bonchev–Trinajstić information content (AvgIpc) is 3.16. The highest BCUT2D eigenvalue weighted by Crippen LogP contribution is 2.20. The van der Waals surface area contributed by atoms with Crippen molar-refractivity contribution in [2.45, 2.75) is 26.4 Å². The van der Waals surface area contributed by atoms with Gasteiger partial charge in [-0.1, -0.05) is 12.1 Å². The van der Waals surface area contributed by atoms with E-state index in [2.05, 4.69) is 45.8 Å². The number of rotatable bonds is 5. The van der Waals surface area contributed by atoms with Crippen LogP contribution in [-0.2, 0) is 6.54 Å². The van der Waals surface area contributed by atoms with Gasteiger partial charge >= 0.3 is 0 Å². The highest BCUT2D eigenvalue weighted by atomic mass is 15.1. The van der Waals surface area contributed by atoms with Crippen molar-refractivity contribution in [3.8, 4) is 5.69 Å². The first kappa shape index (κ1) is 13.4. The quantitative estimate of drug-likeness (QED) is 0.781. The first-order valence-corrected chi connectivity index (χ1v) is 7.07. The van der Waals surface area contributed by atoms with Gasteiger partial charge in [0.15, 0.2) is 0 Å². The zero-order chi connectivity index (χ0) is 14.7. The van der Waals surface area contributed by atoms with Crippen LogP contribution in [-0.4, -0.2) is 19.1 Å². The molecule has 3 rings (SSSR count). The molecule has 1 N–H and O–H groups in total. The van der Waals surface area contributed by atoms with Crippen LogP contribution in [0.5, 0.6) is 0 Å². The molecule has 0 aliphatic heterocycles. The van der Waals surface area contributed by atoms with Crippen LogP contribution in [0.4, 0.5) is 5.69 Å². The van der Waals surface area contributed by atoms with Crippen molar-refractivity contribution in [2.24, 2.45) is 0 Å². The van der Waals surface area contributed by atoms with Gasteiger partial charge in [0.25, 0.3) is 0 Å². The highest BCUT2D eigenvalue weighted by Gasteiger charge is 2.07. The van der Waals surface area contributed by atoms with Gasteiger partial charge in [0.05, 0.1) is 36.3 Å². The second kappa shape index (κ2) is 5.83. The molecule has 5 nitrogen and oxygen atoms in total. The lowest BCUT2D eigenvalue weighted by molar-refractivity contribution is 0.577. The van der Waals surface area contributed by atoms with E-state index in [-0.39, 0.29) is 0 Å². The topological polar surface area (TPSA) is 47.7 Å². The minimum Gasteiger partial charge on any atom is -0.378 e. The molecule has 5 heteroatoms. The Morgan fingerprint density at radius 2 is 2.00 bits per heavy atom. The smallest absolute Gasteiger partial charge is 0.0992 e. The number of imidazole rings is 2. The Kier molecular flexibility index (Phi) is 3.73. The molecule has 0 saturated carbocycles. The molecule has 0 amide bonds. The summed E-state index contributed by atoms with van der Waals surface area (Å²) in [5, 5.41) is 3.49. The maximum atomic E-state index is 4.24. The van der Waals surface area contributed by atoms with E-state index in [1.54, 1.807) is 12.5 Å². The van der Waals surface area contributed by atoms with Crippen LogP contribution in [0, 0.1) is 0 Å². The summed E-state index contributed by atoms with van der Waals surface area (Å²) in [6, 6.07) is 8.62. The number of hydrogen-bond donors (Lipinski definition) is 1. The SMILES string of the molecule is CC(C)n1cncc1CNc1ccccc1-n1ccnc1. The molecule has 3 aromatic rings. The maximum Gasteiger partial charge on any atom is 0.0992 e. The van der Waals surface area contributed by atoms with Gasteiger partial charge in [-0.25, -0.2) is 9.97 Å². The van der Waals surface area contributed by atoms with Crippen LogP contribution in [0.3, 0.4) is 0 Å². The van der Waals surface area contributed by atoms with Gasteiger partial charge in [-0.2, -0.15) is 0 Å². The largest absolute Gasteiger partial charge is 0.378 e. The molecule has 0 saturated heterocycles. The van der Waals surface area contributed by atoms with Crippen molar-refractivity contribution in [1.82, 2.24) is 19.1 Å². The molecule has 0 radical (unpaired) electrons. The number of benzene rings is 1. The lowest BCUT2D eigenvalue weighted by Crippen LogP contribution is -2.10. The molecule has 108 valence electrons. The Hall–Kier alpha value is -2.56. The predicted octanol–water partition coefficient (Wildman–Crippen LogP) is 3.26. The summed E-state index contributed by atoms with van der Waals surface area (Å²) in [5.41, 5.74) is 3.34. The van der Waals surface area contributed by atoms with Crippen molar-refractivity contribution < 1.29 is 0 Å². The summed E-state index contributed by atoms with van der Waals surface area (Å²) >= 11 is 0. The molecule has 21 heavy (non-hydrogen) atoms. The Bertz CT molecular complexity index is 697. The average molecular weight is 281 g/mol. The van der Waals surface area contributed by atoms with Gasteiger partial charge < -0.3 is 14.5 Å². The normalized spacial score (nSPS) is 11.0. The van der Waals surface area contributed by atoms with Crippen molar-refractivity contribution in [1.29, 1.82) is 0 Å². The lowest BCUT2D eigenvalue weighted by atomic mass is 10.2. The zero-order valence-corrected chi connectivity index (χ0v) is 12.3. The molecule has 2 heterocycles. The Morgan fingerprint density at radius 3 is 2.76 bits per heavy atom. The van der Waals surface area contributed by atoms with E-state index in [0.29, 0.717) is 6.04 Å². The van der Waals surface area contributed by atoms with Crippen molar-refractivity contribution in [2.75, 3.05) is 5.32 Å². The number of para-hydroxylation sites is 2. The fraction of sp³-hybridized carbons (Fsp3) is 0.250. The summed E-state index contributed by atoms with van der Waals surface area (Å²) in [5.74, 6) is 0. The molecular weight excluding hydrogens is 262 g/mol. The summed E-state index contributed by atoms with van der Waals surface area (Å²) < 4.78 is 4.18. The summed E-state index contributed by atoms with van der Waals surface area (Å²) in [6.45, 7) is 5.05. The molecular formula is C16H19N5. The third-order valence-electron chi connectivity index (χ3n) is 3.45. The number of nitrogens with one attached hydrogen (secondary N) is 1. The third-order valence-corrected chi connectivity index (χ3v) is 3.45. The molecule has 0 spiro atoms.